The Balaban J connectivity index is 1.32. The summed E-state index contributed by atoms with van der Waals surface area (Å²) < 4.78 is 5.49. The van der Waals surface area contributed by atoms with Crippen molar-refractivity contribution in [3.8, 4) is 5.75 Å². The number of hydrogen-bond donors (Lipinski definition) is 1. The summed E-state index contributed by atoms with van der Waals surface area (Å²) in [5, 5.41) is 15.0. The number of para-hydroxylation sites is 2. The summed E-state index contributed by atoms with van der Waals surface area (Å²) in [7, 11) is 1.73. The van der Waals surface area contributed by atoms with Gasteiger partial charge in [0.15, 0.2) is 0 Å². The SMILES string of the molecule is COc1ccccc1N1CCN(CCCCNC([O-])=CC(C)=C2C=CC=C2)CC1. The number of rotatable bonds is 9. The van der Waals surface area contributed by atoms with Crippen LogP contribution in [-0.4, -0.2) is 51.3 Å². The molecule has 0 aromatic heterocycles. The minimum Gasteiger partial charge on any atom is -0.860 e. The number of unbranched alkanes of at least 4 members (excludes halogenated alkanes) is 1. The number of allylic oxidation sites excluding steroid dienone is 7. The third kappa shape index (κ3) is 6.16. The molecule has 1 fully saturated rings. The largest absolute Gasteiger partial charge is 0.860 e. The van der Waals surface area contributed by atoms with Crippen LogP contribution in [-0.2, 0) is 0 Å². The number of nitrogens with one attached hydrogen (secondary N) is 1. The molecule has 29 heavy (non-hydrogen) atoms. The first-order chi connectivity index (χ1) is 14.2. The lowest BCUT2D eigenvalue weighted by Crippen LogP contribution is -2.46. The van der Waals surface area contributed by atoms with E-state index in [4.69, 9.17) is 4.74 Å². The topological polar surface area (TPSA) is 50.8 Å². The van der Waals surface area contributed by atoms with E-state index in [0.29, 0.717) is 0 Å². The first-order valence-corrected chi connectivity index (χ1v) is 10.5. The Hall–Kier alpha value is -2.66. The molecule has 0 spiro atoms. The van der Waals surface area contributed by atoms with Gasteiger partial charge in [-0.3, -0.25) is 4.90 Å². The minimum atomic E-state index is -0.00544. The molecule has 1 aliphatic heterocycles. The molecule has 0 saturated carbocycles. The molecule has 0 atom stereocenters. The van der Waals surface area contributed by atoms with Crippen LogP contribution >= 0.6 is 0 Å². The Kier molecular flexibility index (Phi) is 7.82. The molecule has 0 unspecified atom stereocenters. The van der Waals surface area contributed by atoms with Crippen molar-refractivity contribution in [1.29, 1.82) is 0 Å². The van der Waals surface area contributed by atoms with Gasteiger partial charge in [0.05, 0.1) is 12.8 Å². The summed E-state index contributed by atoms with van der Waals surface area (Å²) in [6, 6.07) is 8.23. The summed E-state index contributed by atoms with van der Waals surface area (Å²) in [4.78, 5) is 4.91. The number of anilines is 1. The fraction of sp³-hybridized carbons (Fsp3) is 0.417. The number of nitrogens with zero attached hydrogens (tertiary/aromatic N) is 2. The molecule has 1 aromatic carbocycles. The van der Waals surface area contributed by atoms with E-state index in [0.717, 1.165) is 69.0 Å². The van der Waals surface area contributed by atoms with E-state index in [1.54, 1.807) is 13.2 Å². The maximum atomic E-state index is 12.0. The number of benzene rings is 1. The van der Waals surface area contributed by atoms with E-state index >= 15 is 0 Å². The summed E-state index contributed by atoms with van der Waals surface area (Å²) in [5.74, 6) is 0.938. The van der Waals surface area contributed by atoms with Crippen molar-refractivity contribution in [2.75, 3.05) is 51.3 Å². The zero-order valence-electron chi connectivity index (χ0n) is 17.6. The number of methoxy groups -OCH3 is 1. The van der Waals surface area contributed by atoms with Gasteiger partial charge in [-0.05, 0) is 55.5 Å². The summed E-state index contributed by atoms with van der Waals surface area (Å²) in [5.41, 5.74) is 3.29. The maximum Gasteiger partial charge on any atom is 0.142 e. The minimum absolute atomic E-state index is 0.00544. The van der Waals surface area contributed by atoms with Gasteiger partial charge in [-0.15, -0.1) is 0 Å². The van der Waals surface area contributed by atoms with Gasteiger partial charge in [0.25, 0.3) is 0 Å². The summed E-state index contributed by atoms with van der Waals surface area (Å²) >= 11 is 0. The smallest absolute Gasteiger partial charge is 0.142 e. The third-order valence-electron chi connectivity index (χ3n) is 5.46. The fourth-order valence-electron chi connectivity index (χ4n) is 3.74. The molecule has 1 aliphatic carbocycles. The first kappa shape index (κ1) is 21.1. The van der Waals surface area contributed by atoms with Gasteiger partial charge < -0.3 is 20.1 Å². The fourth-order valence-corrected chi connectivity index (χ4v) is 3.74. The van der Waals surface area contributed by atoms with Crippen LogP contribution in [0.5, 0.6) is 5.75 Å². The Morgan fingerprint density at radius 2 is 1.83 bits per heavy atom. The second-order valence-corrected chi connectivity index (χ2v) is 7.50. The van der Waals surface area contributed by atoms with Gasteiger partial charge in [-0.1, -0.05) is 42.5 Å². The molecule has 3 rings (SSSR count). The van der Waals surface area contributed by atoms with E-state index in [2.05, 4.69) is 27.2 Å². The van der Waals surface area contributed by atoms with Crippen LogP contribution in [0.3, 0.4) is 0 Å². The van der Waals surface area contributed by atoms with Crippen LogP contribution in [0.1, 0.15) is 19.8 Å². The highest BCUT2D eigenvalue weighted by molar-refractivity contribution is 5.58. The Morgan fingerprint density at radius 3 is 2.55 bits per heavy atom. The molecule has 1 saturated heterocycles. The Labute approximate surface area is 174 Å². The van der Waals surface area contributed by atoms with Crippen molar-refractivity contribution >= 4 is 5.69 Å². The maximum absolute atomic E-state index is 12.0. The molecule has 5 heteroatoms. The predicted molar refractivity (Wildman–Crippen MR) is 118 cm³/mol. The predicted octanol–water partition coefficient (Wildman–Crippen LogP) is 2.83. The zero-order valence-corrected chi connectivity index (χ0v) is 17.6. The van der Waals surface area contributed by atoms with Gasteiger partial charge in [0.2, 0.25) is 0 Å². The molecule has 5 nitrogen and oxygen atoms in total. The second kappa shape index (κ2) is 10.8. The quantitative estimate of drug-likeness (QED) is 0.516. The van der Waals surface area contributed by atoms with Crippen LogP contribution in [0.4, 0.5) is 5.69 Å². The monoisotopic (exact) mass is 394 g/mol. The van der Waals surface area contributed by atoms with Crippen molar-refractivity contribution < 1.29 is 9.84 Å². The molecule has 0 amide bonds. The Bertz CT molecular complexity index is 773. The zero-order chi connectivity index (χ0) is 20.5. The van der Waals surface area contributed by atoms with Gasteiger partial charge in [-0.2, -0.15) is 0 Å². The van der Waals surface area contributed by atoms with Crippen molar-refractivity contribution in [2.24, 2.45) is 0 Å². The van der Waals surface area contributed by atoms with Gasteiger partial charge in [0.1, 0.15) is 5.75 Å². The molecule has 1 N–H and O–H groups in total. The van der Waals surface area contributed by atoms with E-state index in [1.807, 2.05) is 43.4 Å². The number of ether oxygens (including phenoxy) is 1. The lowest BCUT2D eigenvalue weighted by Gasteiger charge is -2.36. The molecule has 156 valence electrons. The van der Waals surface area contributed by atoms with Gasteiger partial charge in [-0.25, -0.2) is 0 Å². The van der Waals surface area contributed by atoms with E-state index < -0.39 is 0 Å². The van der Waals surface area contributed by atoms with Crippen molar-refractivity contribution in [2.45, 2.75) is 19.8 Å². The van der Waals surface area contributed by atoms with Crippen LogP contribution in [0.25, 0.3) is 0 Å². The number of hydrogen-bond acceptors (Lipinski definition) is 5. The normalized spacial score (nSPS) is 17.1. The van der Waals surface area contributed by atoms with E-state index in [1.165, 1.54) is 5.69 Å². The number of piperazine rings is 1. The molecule has 2 aliphatic rings. The van der Waals surface area contributed by atoms with Crippen LogP contribution in [0, 0.1) is 0 Å². The van der Waals surface area contributed by atoms with Crippen molar-refractivity contribution in [3.05, 3.63) is 71.7 Å². The Morgan fingerprint density at radius 1 is 1.10 bits per heavy atom. The van der Waals surface area contributed by atoms with Gasteiger partial charge in [0, 0.05) is 32.7 Å². The lowest BCUT2D eigenvalue weighted by molar-refractivity contribution is -0.311. The highest BCUT2D eigenvalue weighted by atomic mass is 16.5. The highest BCUT2D eigenvalue weighted by Crippen LogP contribution is 2.28. The van der Waals surface area contributed by atoms with Crippen molar-refractivity contribution in [1.82, 2.24) is 10.2 Å². The average Bonchev–Trinajstić information content (AvgIpc) is 3.29. The summed E-state index contributed by atoms with van der Waals surface area (Å²) in [6.07, 6.45) is 11.8. The van der Waals surface area contributed by atoms with E-state index in [-0.39, 0.29) is 5.88 Å². The molecular formula is C24H32N3O2-. The third-order valence-corrected chi connectivity index (χ3v) is 5.46. The second-order valence-electron chi connectivity index (χ2n) is 7.50. The molecule has 0 radical (unpaired) electrons. The molecule has 0 bridgehead atoms. The first-order valence-electron chi connectivity index (χ1n) is 10.5. The highest BCUT2D eigenvalue weighted by Gasteiger charge is 2.18. The summed E-state index contributed by atoms with van der Waals surface area (Å²) in [6.45, 7) is 7.94. The molecule has 1 aromatic rings. The van der Waals surface area contributed by atoms with Crippen molar-refractivity contribution in [3.63, 3.8) is 0 Å². The standard InChI is InChI=1S/C24H33N3O2/c1-20(21-9-3-4-10-21)19-24(28)25-13-7-8-14-26-15-17-27(18-16-26)22-11-5-6-12-23(22)29-2/h3-6,9-12,19,25,28H,7-8,13-18H2,1-2H3/p-1. The lowest BCUT2D eigenvalue weighted by atomic mass is 10.1. The average molecular weight is 395 g/mol. The van der Waals surface area contributed by atoms with Gasteiger partial charge >= 0.3 is 0 Å². The molecular weight excluding hydrogens is 362 g/mol. The van der Waals surface area contributed by atoms with Crippen LogP contribution in [0.15, 0.2) is 71.7 Å². The van der Waals surface area contributed by atoms with Crippen LogP contribution in [0.2, 0.25) is 0 Å². The molecule has 1 heterocycles. The van der Waals surface area contributed by atoms with Crippen LogP contribution < -0.4 is 20.1 Å². The van der Waals surface area contributed by atoms with E-state index in [9.17, 15) is 5.11 Å².